The molecule has 2 aromatic heterocycles. The minimum absolute atomic E-state index is 0.0179. The predicted octanol–water partition coefficient (Wildman–Crippen LogP) is 2.94. The van der Waals surface area contributed by atoms with Gasteiger partial charge in [-0.05, 0) is 18.7 Å². The fourth-order valence-corrected chi connectivity index (χ4v) is 2.95. The number of hydrogen-bond donors (Lipinski definition) is 1. The molecule has 1 amide bonds. The molecule has 0 fully saturated rings. The van der Waals surface area contributed by atoms with Crippen LogP contribution in [0.5, 0.6) is 0 Å². The van der Waals surface area contributed by atoms with E-state index in [2.05, 4.69) is 22.6 Å². The van der Waals surface area contributed by atoms with Crippen molar-refractivity contribution in [3.63, 3.8) is 0 Å². The number of aryl methyl sites for hydroxylation is 1. The molecule has 0 atom stereocenters. The number of nitrogens with zero attached hydrogens (tertiary/aromatic N) is 3. The number of carbonyl (C=O) groups excluding carboxylic acids is 1. The van der Waals surface area contributed by atoms with Crippen molar-refractivity contribution in [2.24, 2.45) is 0 Å². The third kappa shape index (κ3) is 3.16. The lowest BCUT2D eigenvalue weighted by atomic mass is 10.3. The Morgan fingerprint density at radius 2 is 2.25 bits per heavy atom. The van der Waals surface area contributed by atoms with E-state index in [4.69, 9.17) is 0 Å². The zero-order valence-corrected chi connectivity index (χ0v) is 12.8. The highest BCUT2D eigenvalue weighted by atomic mass is 32.1. The number of carbonyl (C=O) groups is 1. The molecule has 0 aliphatic heterocycles. The molecular formula is C13H14FN3OS2. The average molecular weight is 311 g/mol. The molecular weight excluding hydrogens is 297 g/mol. The molecule has 0 radical (unpaired) electrons. The van der Waals surface area contributed by atoms with Gasteiger partial charge in [-0.2, -0.15) is 12.6 Å². The minimum atomic E-state index is -0.406. The standard InChI is InChI=1S/C13H14FN3OS2/c1-8-13(17(2)11(18)3-4-19)20-12(16-8)9-5-10(14)7-15-6-9/h5-7,19H,3-4H2,1-2H3. The van der Waals surface area contributed by atoms with Crippen molar-refractivity contribution in [1.82, 2.24) is 9.97 Å². The number of aromatic nitrogens is 2. The van der Waals surface area contributed by atoms with E-state index in [1.165, 1.54) is 17.4 Å². The molecule has 0 aromatic carbocycles. The van der Waals surface area contributed by atoms with Crippen LogP contribution in [0, 0.1) is 12.7 Å². The quantitative estimate of drug-likeness (QED) is 0.883. The zero-order valence-electron chi connectivity index (χ0n) is 11.1. The molecule has 2 rings (SSSR count). The SMILES string of the molecule is Cc1nc(-c2cncc(F)c2)sc1N(C)C(=O)CCS. The van der Waals surface area contributed by atoms with Crippen molar-refractivity contribution in [3.05, 3.63) is 30.0 Å². The Balaban J connectivity index is 2.32. The second-order valence-corrected chi connectivity index (χ2v) is 5.65. The summed E-state index contributed by atoms with van der Waals surface area (Å²) < 4.78 is 13.2. The van der Waals surface area contributed by atoms with Gasteiger partial charge in [-0.3, -0.25) is 9.78 Å². The van der Waals surface area contributed by atoms with Crippen LogP contribution in [0.1, 0.15) is 12.1 Å². The largest absolute Gasteiger partial charge is 0.305 e. The van der Waals surface area contributed by atoms with Crippen molar-refractivity contribution in [3.8, 4) is 10.6 Å². The van der Waals surface area contributed by atoms with Gasteiger partial charge in [0.2, 0.25) is 5.91 Å². The van der Waals surface area contributed by atoms with Crippen molar-refractivity contribution in [1.29, 1.82) is 0 Å². The van der Waals surface area contributed by atoms with Gasteiger partial charge in [0.15, 0.2) is 0 Å². The molecule has 106 valence electrons. The van der Waals surface area contributed by atoms with Crippen LogP contribution in [0.4, 0.5) is 9.39 Å². The van der Waals surface area contributed by atoms with E-state index in [0.717, 1.165) is 16.9 Å². The van der Waals surface area contributed by atoms with Gasteiger partial charge in [-0.25, -0.2) is 9.37 Å². The van der Waals surface area contributed by atoms with Crippen molar-refractivity contribution < 1.29 is 9.18 Å². The van der Waals surface area contributed by atoms with Crippen LogP contribution in [0.3, 0.4) is 0 Å². The Labute approximate surface area is 126 Å². The molecule has 0 aliphatic rings. The normalized spacial score (nSPS) is 10.6. The predicted molar refractivity (Wildman–Crippen MR) is 81.9 cm³/mol. The van der Waals surface area contributed by atoms with Gasteiger partial charge in [0, 0.05) is 25.2 Å². The maximum atomic E-state index is 13.2. The zero-order chi connectivity index (χ0) is 14.7. The van der Waals surface area contributed by atoms with E-state index in [9.17, 15) is 9.18 Å². The summed E-state index contributed by atoms with van der Waals surface area (Å²) >= 11 is 5.40. The summed E-state index contributed by atoms with van der Waals surface area (Å²) in [7, 11) is 1.71. The number of thiol groups is 1. The topological polar surface area (TPSA) is 46.1 Å². The number of hydrogen-bond acceptors (Lipinski definition) is 5. The van der Waals surface area contributed by atoms with Gasteiger partial charge in [-0.1, -0.05) is 11.3 Å². The highest BCUT2D eigenvalue weighted by Crippen LogP contribution is 2.34. The van der Waals surface area contributed by atoms with Crippen molar-refractivity contribution >= 4 is 34.9 Å². The molecule has 2 aromatic rings. The second-order valence-electron chi connectivity index (χ2n) is 4.23. The van der Waals surface area contributed by atoms with Crippen LogP contribution in [0.15, 0.2) is 18.5 Å². The smallest absolute Gasteiger partial charge is 0.228 e. The highest BCUT2D eigenvalue weighted by molar-refractivity contribution is 7.80. The van der Waals surface area contributed by atoms with Gasteiger partial charge < -0.3 is 4.90 Å². The molecule has 7 heteroatoms. The van der Waals surface area contributed by atoms with E-state index in [1.54, 1.807) is 18.1 Å². The molecule has 0 spiro atoms. The number of pyridine rings is 1. The summed E-state index contributed by atoms with van der Waals surface area (Å²) in [5.74, 6) is 0.0777. The average Bonchev–Trinajstić information content (AvgIpc) is 2.80. The van der Waals surface area contributed by atoms with Crippen LogP contribution in [0.2, 0.25) is 0 Å². The van der Waals surface area contributed by atoms with E-state index >= 15 is 0 Å². The first-order chi connectivity index (χ1) is 9.52. The Morgan fingerprint density at radius 3 is 2.90 bits per heavy atom. The van der Waals surface area contributed by atoms with Gasteiger partial charge in [0.05, 0.1) is 11.9 Å². The molecule has 0 saturated heterocycles. The molecule has 4 nitrogen and oxygen atoms in total. The molecule has 0 N–H and O–H groups in total. The van der Waals surface area contributed by atoms with Gasteiger partial charge in [0.25, 0.3) is 0 Å². The minimum Gasteiger partial charge on any atom is -0.305 e. The summed E-state index contributed by atoms with van der Waals surface area (Å²) in [6.07, 6.45) is 3.07. The lowest BCUT2D eigenvalue weighted by Gasteiger charge is -2.14. The molecule has 0 saturated carbocycles. The van der Waals surface area contributed by atoms with E-state index in [-0.39, 0.29) is 5.91 Å². The lowest BCUT2D eigenvalue weighted by molar-refractivity contribution is -0.117. The number of halogens is 1. The molecule has 2 heterocycles. The summed E-state index contributed by atoms with van der Waals surface area (Å²) in [5, 5.41) is 1.41. The third-order valence-corrected chi connectivity index (χ3v) is 4.23. The van der Waals surface area contributed by atoms with Gasteiger partial charge in [-0.15, -0.1) is 0 Å². The number of amides is 1. The summed E-state index contributed by atoms with van der Waals surface area (Å²) in [4.78, 5) is 21.6. The molecule has 0 unspecified atom stereocenters. The van der Waals surface area contributed by atoms with Crippen LogP contribution < -0.4 is 4.90 Å². The second kappa shape index (κ2) is 6.32. The summed E-state index contributed by atoms with van der Waals surface area (Å²) in [5.41, 5.74) is 1.35. The van der Waals surface area contributed by atoms with Crippen LogP contribution in [-0.2, 0) is 4.79 Å². The molecule has 20 heavy (non-hydrogen) atoms. The number of anilines is 1. The first-order valence-electron chi connectivity index (χ1n) is 5.98. The van der Waals surface area contributed by atoms with E-state index in [1.807, 2.05) is 6.92 Å². The van der Waals surface area contributed by atoms with Crippen LogP contribution in [0.25, 0.3) is 10.6 Å². The Morgan fingerprint density at radius 1 is 1.50 bits per heavy atom. The Kier molecular flexibility index (Phi) is 4.72. The maximum absolute atomic E-state index is 13.2. The first kappa shape index (κ1) is 14.9. The third-order valence-electron chi connectivity index (χ3n) is 2.73. The fraction of sp³-hybridized carbons (Fsp3) is 0.308. The number of thiazole rings is 1. The van der Waals surface area contributed by atoms with E-state index in [0.29, 0.717) is 22.7 Å². The van der Waals surface area contributed by atoms with E-state index < -0.39 is 5.82 Å². The van der Waals surface area contributed by atoms with Gasteiger partial charge in [0.1, 0.15) is 15.8 Å². The van der Waals surface area contributed by atoms with Gasteiger partial charge >= 0.3 is 0 Å². The molecule has 0 aliphatic carbocycles. The van der Waals surface area contributed by atoms with Crippen LogP contribution >= 0.6 is 24.0 Å². The fourth-order valence-electron chi connectivity index (χ4n) is 1.73. The Bertz CT molecular complexity index is 630. The van der Waals surface area contributed by atoms with Crippen molar-refractivity contribution in [2.45, 2.75) is 13.3 Å². The lowest BCUT2D eigenvalue weighted by Crippen LogP contribution is -2.26. The molecule has 0 bridgehead atoms. The maximum Gasteiger partial charge on any atom is 0.228 e. The van der Waals surface area contributed by atoms with Crippen molar-refractivity contribution in [2.75, 3.05) is 17.7 Å². The summed E-state index contributed by atoms with van der Waals surface area (Å²) in [6, 6.07) is 1.38. The van der Waals surface area contributed by atoms with Crippen LogP contribution in [-0.4, -0.2) is 28.7 Å². The summed E-state index contributed by atoms with van der Waals surface area (Å²) in [6.45, 7) is 1.83. The first-order valence-corrected chi connectivity index (χ1v) is 7.43. The Hall–Kier alpha value is -1.47. The number of rotatable bonds is 4. The highest BCUT2D eigenvalue weighted by Gasteiger charge is 2.17. The monoisotopic (exact) mass is 311 g/mol.